The summed E-state index contributed by atoms with van der Waals surface area (Å²) in [7, 11) is 0. The van der Waals surface area contributed by atoms with Crippen molar-refractivity contribution in [1.82, 2.24) is 4.98 Å². The molecule has 0 aliphatic rings. The summed E-state index contributed by atoms with van der Waals surface area (Å²) < 4.78 is 13.5. The Labute approximate surface area is 105 Å². The minimum Gasteiger partial charge on any atom is -0.294 e. The maximum Gasteiger partial charge on any atom is 0.166 e. The Kier molecular flexibility index (Phi) is 3.82. The molecule has 0 unspecified atom stereocenters. The molecule has 0 amide bonds. The quantitative estimate of drug-likeness (QED) is 0.771. The number of halogens is 1. The van der Waals surface area contributed by atoms with Crippen molar-refractivity contribution in [2.75, 3.05) is 0 Å². The van der Waals surface area contributed by atoms with E-state index in [4.69, 9.17) is 0 Å². The van der Waals surface area contributed by atoms with E-state index in [1.807, 2.05) is 19.1 Å². The van der Waals surface area contributed by atoms with Gasteiger partial charge in [-0.15, -0.1) is 0 Å². The van der Waals surface area contributed by atoms with Crippen molar-refractivity contribution in [2.24, 2.45) is 0 Å². The lowest BCUT2D eigenvalue weighted by atomic mass is 10.0. The van der Waals surface area contributed by atoms with Crippen LogP contribution in [0.5, 0.6) is 0 Å². The third-order valence-electron chi connectivity index (χ3n) is 2.81. The molecule has 0 aliphatic heterocycles. The Morgan fingerprint density at radius 3 is 2.67 bits per heavy atom. The van der Waals surface area contributed by atoms with Gasteiger partial charge in [-0.2, -0.15) is 0 Å². The van der Waals surface area contributed by atoms with Crippen LogP contribution in [0.25, 0.3) is 0 Å². The maximum atomic E-state index is 13.5. The molecule has 2 nitrogen and oxygen atoms in total. The lowest BCUT2D eigenvalue weighted by Crippen LogP contribution is -2.04. The molecule has 1 heterocycles. The third-order valence-corrected chi connectivity index (χ3v) is 2.81. The molecule has 0 spiro atoms. The van der Waals surface area contributed by atoms with Gasteiger partial charge in [-0.1, -0.05) is 11.6 Å². The van der Waals surface area contributed by atoms with Crippen molar-refractivity contribution < 1.29 is 9.18 Å². The molecule has 2 aromatic rings. The van der Waals surface area contributed by atoms with E-state index in [-0.39, 0.29) is 11.3 Å². The molecule has 3 heteroatoms. The van der Waals surface area contributed by atoms with Crippen LogP contribution in [0.3, 0.4) is 0 Å². The predicted octanol–water partition coefficient (Wildman–Crippen LogP) is 3.34. The number of ketones is 1. The van der Waals surface area contributed by atoms with E-state index >= 15 is 0 Å². The lowest BCUT2D eigenvalue weighted by molar-refractivity contribution is 0.0979. The van der Waals surface area contributed by atoms with Crippen LogP contribution in [0.1, 0.15) is 27.9 Å². The first kappa shape index (κ1) is 12.4. The molecule has 18 heavy (non-hydrogen) atoms. The van der Waals surface area contributed by atoms with Gasteiger partial charge in [0, 0.05) is 18.8 Å². The maximum absolute atomic E-state index is 13.5. The Morgan fingerprint density at radius 2 is 1.94 bits per heavy atom. The molecule has 0 N–H and O–H groups in total. The Bertz CT molecular complexity index is 552. The molecule has 0 atom stereocenters. The van der Waals surface area contributed by atoms with Crippen LogP contribution in [0.4, 0.5) is 4.39 Å². The molecule has 92 valence electrons. The van der Waals surface area contributed by atoms with Gasteiger partial charge in [0.25, 0.3) is 0 Å². The second-order valence-corrected chi connectivity index (χ2v) is 4.26. The van der Waals surface area contributed by atoms with E-state index in [2.05, 4.69) is 4.98 Å². The first-order chi connectivity index (χ1) is 8.66. The zero-order chi connectivity index (χ0) is 13.0. The van der Waals surface area contributed by atoms with Gasteiger partial charge in [-0.3, -0.25) is 9.78 Å². The third kappa shape index (κ3) is 3.00. The Balaban J connectivity index is 2.06. The number of pyridine rings is 1. The van der Waals surface area contributed by atoms with E-state index in [0.717, 1.165) is 11.1 Å². The number of hydrogen-bond acceptors (Lipinski definition) is 2. The molecule has 2 rings (SSSR count). The smallest absolute Gasteiger partial charge is 0.166 e. The van der Waals surface area contributed by atoms with Crippen LogP contribution in [0.15, 0.2) is 42.7 Å². The fraction of sp³-hybridized carbons (Fsp3) is 0.200. The summed E-state index contributed by atoms with van der Waals surface area (Å²) in [5.41, 5.74) is 2.11. The van der Waals surface area contributed by atoms with Crippen molar-refractivity contribution in [3.63, 3.8) is 0 Å². The minimum absolute atomic E-state index is 0.159. The highest BCUT2D eigenvalue weighted by Gasteiger charge is 2.11. The number of carbonyl (C=O) groups excluding carboxylic acids is 1. The highest BCUT2D eigenvalue weighted by molar-refractivity contribution is 5.96. The summed E-state index contributed by atoms with van der Waals surface area (Å²) in [4.78, 5) is 15.8. The van der Waals surface area contributed by atoms with Crippen molar-refractivity contribution in [1.29, 1.82) is 0 Å². The summed E-state index contributed by atoms with van der Waals surface area (Å²) in [6.07, 6.45) is 4.29. The highest BCUT2D eigenvalue weighted by atomic mass is 19.1. The van der Waals surface area contributed by atoms with Crippen LogP contribution >= 0.6 is 0 Å². The number of Topliss-reactive ketones (excluding diaryl/α,β-unsaturated/α-hetero) is 1. The number of hydrogen-bond donors (Lipinski definition) is 0. The Morgan fingerprint density at radius 1 is 1.22 bits per heavy atom. The fourth-order valence-electron chi connectivity index (χ4n) is 1.79. The molecular weight excluding hydrogens is 229 g/mol. The number of aromatic nitrogens is 1. The van der Waals surface area contributed by atoms with Gasteiger partial charge in [0.2, 0.25) is 0 Å². The molecule has 0 aliphatic carbocycles. The zero-order valence-electron chi connectivity index (χ0n) is 10.2. The van der Waals surface area contributed by atoms with Crippen LogP contribution in [-0.2, 0) is 6.42 Å². The predicted molar refractivity (Wildman–Crippen MR) is 68.0 cm³/mol. The molecule has 0 saturated carbocycles. The van der Waals surface area contributed by atoms with Gasteiger partial charge in [0.1, 0.15) is 5.82 Å². The zero-order valence-corrected chi connectivity index (χ0v) is 10.2. The number of benzene rings is 1. The molecule has 1 aromatic heterocycles. The monoisotopic (exact) mass is 243 g/mol. The van der Waals surface area contributed by atoms with Crippen LogP contribution < -0.4 is 0 Å². The largest absolute Gasteiger partial charge is 0.294 e. The van der Waals surface area contributed by atoms with E-state index in [0.29, 0.717) is 12.8 Å². The average molecular weight is 243 g/mol. The minimum atomic E-state index is -0.444. The van der Waals surface area contributed by atoms with Crippen molar-refractivity contribution >= 4 is 5.78 Å². The average Bonchev–Trinajstić information content (AvgIpc) is 2.40. The van der Waals surface area contributed by atoms with Crippen LogP contribution in [-0.4, -0.2) is 10.8 Å². The van der Waals surface area contributed by atoms with Crippen molar-refractivity contribution in [3.05, 3.63) is 65.2 Å². The number of aryl methyl sites for hydroxylation is 2. The summed E-state index contributed by atoms with van der Waals surface area (Å²) in [6.45, 7) is 1.85. The second-order valence-electron chi connectivity index (χ2n) is 4.26. The molecular formula is C15H14FNO. The normalized spacial score (nSPS) is 10.3. The summed E-state index contributed by atoms with van der Waals surface area (Å²) in [6, 6.07) is 8.33. The highest BCUT2D eigenvalue weighted by Crippen LogP contribution is 2.13. The van der Waals surface area contributed by atoms with Crippen LogP contribution in [0, 0.1) is 12.7 Å². The fourth-order valence-corrected chi connectivity index (χ4v) is 1.79. The summed E-state index contributed by atoms with van der Waals surface area (Å²) in [5, 5.41) is 0. The first-order valence-electron chi connectivity index (χ1n) is 5.85. The number of rotatable bonds is 4. The van der Waals surface area contributed by atoms with Gasteiger partial charge in [0.05, 0.1) is 5.56 Å². The van der Waals surface area contributed by atoms with Gasteiger partial charge in [-0.25, -0.2) is 4.39 Å². The van der Waals surface area contributed by atoms with Gasteiger partial charge < -0.3 is 0 Å². The second kappa shape index (κ2) is 5.54. The standard InChI is InChI=1S/C15H14FNO/c1-11-2-4-14(16)13(10-11)15(18)5-3-12-6-8-17-9-7-12/h2,4,6-10H,3,5H2,1H3. The van der Waals surface area contributed by atoms with Gasteiger partial charge in [0.15, 0.2) is 5.78 Å². The van der Waals surface area contributed by atoms with E-state index in [9.17, 15) is 9.18 Å². The molecule has 1 aromatic carbocycles. The van der Waals surface area contributed by atoms with Gasteiger partial charge >= 0.3 is 0 Å². The van der Waals surface area contributed by atoms with E-state index < -0.39 is 5.82 Å². The summed E-state index contributed by atoms with van der Waals surface area (Å²) >= 11 is 0. The molecule has 0 bridgehead atoms. The van der Waals surface area contributed by atoms with Crippen molar-refractivity contribution in [3.8, 4) is 0 Å². The molecule has 0 saturated heterocycles. The lowest BCUT2D eigenvalue weighted by Gasteiger charge is -2.04. The molecule has 0 fully saturated rings. The van der Waals surface area contributed by atoms with E-state index in [1.165, 1.54) is 6.07 Å². The summed E-state index contributed by atoms with van der Waals surface area (Å²) in [5.74, 6) is -0.603. The topological polar surface area (TPSA) is 30.0 Å². The van der Waals surface area contributed by atoms with Crippen molar-refractivity contribution in [2.45, 2.75) is 19.8 Å². The Hall–Kier alpha value is -2.03. The van der Waals surface area contributed by atoms with Crippen LogP contribution in [0.2, 0.25) is 0 Å². The van der Waals surface area contributed by atoms with E-state index in [1.54, 1.807) is 24.5 Å². The first-order valence-corrected chi connectivity index (χ1v) is 5.85. The molecule has 0 radical (unpaired) electrons. The number of nitrogens with zero attached hydrogens (tertiary/aromatic N) is 1. The number of carbonyl (C=O) groups is 1. The van der Waals surface area contributed by atoms with Gasteiger partial charge in [-0.05, 0) is 43.2 Å². The SMILES string of the molecule is Cc1ccc(F)c(C(=O)CCc2ccncc2)c1.